The highest BCUT2D eigenvalue weighted by Crippen LogP contribution is 2.37. The lowest BCUT2D eigenvalue weighted by molar-refractivity contribution is 0.415. The summed E-state index contributed by atoms with van der Waals surface area (Å²) in [6.07, 6.45) is 0. The summed E-state index contributed by atoms with van der Waals surface area (Å²) in [5, 5.41) is 19.9. The lowest BCUT2D eigenvalue weighted by Crippen LogP contribution is -2.03. The van der Waals surface area contributed by atoms with Crippen LogP contribution < -0.4 is 10.5 Å². The zero-order valence-corrected chi connectivity index (χ0v) is 15.5. The molecule has 0 aliphatic carbocycles. The number of benzene rings is 2. The molecule has 6 heteroatoms. The molecular weight excluding hydrogens is 356 g/mol. The van der Waals surface area contributed by atoms with Gasteiger partial charge in [-0.3, -0.25) is 0 Å². The zero-order chi connectivity index (χ0) is 19.2. The Morgan fingerprint density at radius 1 is 1.00 bits per heavy atom. The molecule has 0 saturated heterocycles. The molecule has 0 aliphatic rings. The number of nitrogens with zero attached hydrogens (tertiary/aromatic N) is 3. The van der Waals surface area contributed by atoms with Crippen LogP contribution in [-0.2, 0) is 5.75 Å². The summed E-state index contributed by atoms with van der Waals surface area (Å²) in [7, 11) is 1.58. The standard InChI is InChI=1S/C21H16N4OS/c1-26-16-9-7-15(8-10-16)19-17(11-22)20(24)25-21(18(19)12-23)27-13-14-5-3-2-4-6-14/h2-10H,13H2,1H3,(H2,24,25). The smallest absolute Gasteiger partial charge is 0.143 e. The highest BCUT2D eigenvalue weighted by atomic mass is 32.2. The number of nitrogen functional groups attached to an aromatic ring is 1. The van der Waals surface area contributed by atoms with Crippen molar-refractivity contribution in [1.29, 1.82) is 10.5 Å². The summed E-state index contributed by atoms with van der Waals surface area (Å²) in [5.41, 5.74) is 8.94. The van der Waals surface area contributed by atoms with E-state index in [0.717, 1.165) is 11.1 Å². The second-order valence-electron chi connectivity index (χ2n) is 5.65. The number of methoxy groups -OCH3 is 1. The lowest BCUT2D eigenvalue weighted by Gasteiger charge is -2.13. The molecule has 0 unspecified atom stereocenters. The maximum Gasteiger partial charge on any atom is 0.143 e. The number of anilines is 1. The van der Waals surface area contributed by atoms with Gasteiger partial charge in [0.25, 0.3) is 0 Å². The minimum absolute atomic E-state index is 0.123. The second-order valence-corrected chi connectivity index (χ2v) is 6.62. The summed E-state index contributed by atoms with van der Waals surface area (Å²) in [6.45, 7) is 0. The van der Waals surface area contributed by atoms with Crippen molar-refractivity contribution in [3.63, 3.8) is 0 Å². The predicted octanol–water partition coefficient (Wildman–Crippen LogP) is 4.38. The molecule has 27 heavy (non-hydrogen) atoms. The Bertz CT molecular complexity index is 1040. The number of rotatable bonds is 5. The van der Waals surface area contributed by atoms with E-state index >= 15 is 0 Å². The van der Waals surface area contributed by atoms with E-state index < -0.39 is 0 Å². The molecule has 0 spiro atoms. The third-order valence-corrected chi connectivity index (χ3v) is 5.06. The molecule has 2 aromatic carbocycles. The van der Waals surface area contributed by atoms with Crippen LogP contribution in [-0.4, -0.2) is 12.1 Å². The van der Waals surface area contributed by atoms with Gasteiger partial charge in [0.05, 0.1) is 12.7 Å². The molecule has 3 rings (SSSR count). The number of aromatic nitrogens is 1. The van der Waals surface area contributed by atoms with Gasteiger partial charge in [-0.05, 0) is 23.3 Å². The van der Waals surface area contributed by atoms with Gasteiger partial charge in [0.1, 0.15) is 34.3 Å². The fraction of sp³-hybridized carbons (Fsp3) is 0.0952. The van der Waals surface area contributed by atoms with Gasteiger partial charge in [-0.15, -0.1) is 11.8 Å². The number of pyridine rings is 1. The van der Waals surface area contributed by atoms with Crippen molar-refractivity contribution >= 4 is 17.6 Å². The molecule has 0 saturated carbocycles. The molecule has 0 fully saturated rings. The SMILES string of the molecule is COc1ccc(-c2c(C#N)c(N)nc(SCc3ccccc3)c2C#N)cc1. The molecule has 3 aromatic rings. The largest absolute Gasteiger partial charge is 0.497 e. The van der Waals surface area contributed by atoms with E-state index in [2.05, 4.69) is 17.1 Å². The number of hydrogen-bond donors (Lipinski definition) is 1. The van der Waals surface area contributed by atoms with Gasteiger partial charge >= 0.3 is 0 Å². The number of nitriles is 2. The number of nitrogens with two attached hydrogens (primary N) is 1. The van der Waals surface area contributed by atoms with Crippen molar-refractivity contribution in [2.45, 2.75) is 10.8 Å². The van der Waals surface area contributed by atoms with Gasteiger partial charge < -0.3 is 10.5 Å². The fourth-order valence-electron chi connectivity index (χ4n) is 2.67. The molecule has 1 heterocycles. The van der Waals surface area contributed by atoms with Crippen molar-refractivity contribution in [3.05, 3.63) is 71.3 Å². The predicted molar refractivity (Wildman–Crippen MR) is 106 cm³/mol. The van der Waals surface area contributed by atoms with Crippen molar-refractivity contribution in [2.75, 3.05) is 12.8 Å². The van der Waals surface area contributed by atoms with Crippen LogP contribution in [0.3, 0.4) is 0 Å². The summed E-state index contributed by atoms with van der Waals surface area (Å²) in [6, 6.07) is 21.4. The third-order valence-electron chi connectivity index (χ3n) is 4.01. The maximum atomic E-state index is 9.79. The van der Waals surface area contributed by atoms with E-state index in [1.807, 2.05) is 30.3 Å². The minimum Gasteiger partial charge on any atom is -0.497 e. The van der Waals surface area contributed by atoms with Crippen molar-refractivity contribution < 1.29 is 4.74 Å². The van der Waals surface area contributed by atoms with Gasteiger partial charge in [0, 0.05) is 11.3 Å². The summed E-state index contributed by atoms with van der Waals surface area (Å²) in [5.74, 6) is 1.46. The molecule has 132 valence electrons. The summed E-state index contributed by atoms with van der Waals surface area (Å²) in [4.78, 5) is 4.32. The van der Waals surface area contributed by atoms with Crippen LogP contribution in [0.15, 0.2) is 59.6 Å². The zero-order valence-electron chi connectivity index (χ0n) is 14.6. The molecule has 0 aliphatic heterocycles. The number of thioether (sulfide) groups is 1. The number of ether oxygens (including phenoxy) is 1. The van der Waals surface area contributed by atoms with Crippen LogP contribution in [0.2, 0.25) is 0 Å². The molecule has 1 aromatic heterocycles. The average molecular weight is 372 g/mol. The van der Waals surface area contributed by atoms with E-state index in [9.17, 15) is 10.5 Å². The highest BCUT2D eigenvalue weighted by Gasteiger charge is 2.20. The van der Waals surface area contributed by atoms with Crippen LogP contribution in [0, 0.1) is 22.7 Å². The van der Waals surface area contributed by atoms with E-state index in [0.29, 0.717) is 27.7 Å². The van der Waals surface area contributed by atoms with Gasteiger partial charge in [-0.25, -0.2) is 4.98 Å². The fourth-order valence-corrected chi connectivity index (χ4v) is 3.63. The van der Waals surface area contributed by atoms with E-state index in [-0.39, 0.29) is 11.4 Å². The van der Waals surface area contributed by atoms with Gasteiger partial charge in [0.15, 0.2) is 0 Å². The topological polar surface area (TPSA) is 95.7 Å². The Labute approximate surface area is 162 Å². The summed E-state index contributed by atoms with van der Waals surface area (Å²) >= 11 is 1.43. The Hall–Kier alpha value is -3.48. The lowest BCUT2D eigenvalue weighted by atomic mass is 9.97. The Morgan fingerprint density at radius 2 is 1.67 bits per heavy atom. The van der Waals surface area contributed by atoms with E-state index in [4.69, 9.17) is 10.5 Å². The van der Waals surface area contributed by atoms with Gasteiger partial charge in [-0.2, -0.15) is 10.5 Å². The maximum absolute atomic E-state index is 9.79. The number of hydrogen-bond acceptors (Lipinski definition) is 6. The third kappa shape index (κ3) is 3.87. The molecule has 0 atom stereocenters. The molecule has 0 bridgehead atoms. The molecule has 0 radical (unpaired) electrons. The van der Waals surface area contributed by atoms with Gasteiger partial charge in [-0.1, -0.05) is 42.5 Å². The molecular formula is C21H16N4OS. The monoisotopic (exact) mass is 372 g/mol. The van der Waals surface area contributed by atoms with Crippen molar-refractivity contribution in [3.8, 4) is 29.0 Å². The van der Waals surface area contributed by atoms with Crippen LogP contribution in [0.4, 0.5) is 5.82 Å². The molecule has 2 N–H and O–H groups in total. The quantitative estimate of drug-likeness (QED) is 0.668. The first-order valence-electron chi connectivity index (χ1n) is 8.12. The minimum atomic E-state index is 0.123. The molecule has 5 nitrogen and oxygen atoms in total. The highest BCUT2D eigenvalue weighted by molar-refractivity contribution is 7.98. The van der Waals surface area contributed by atoms with E-state index in [1.165, 1.54) is 11.8 Å². The normalized spacial score (nSPS) is 10.0. The average Bonchev–Trinajstić information content (AvgIpc) is 2.72. The van der Waals surface area contributed by atoms with Crippen LogP contribution in [0.5, 0.6) is 5.75 Å². The Kier molecular flexibility index (Phi) is 5.61. The Balaban J connectivity index is 2.09. The summed E-state index contributed by atoms with van der Waals surface area (Å²) < 4.78 is 5.18. The molecule has 0 amide bonds. The van der Waals surface area contributed by atoms with Crippen LogP contribution in [0.1, 0.15) is 16.7 Å². The van der Waals surface area contributed by atoms with E-state index in [1.54, 1.807) is 31.4 Å². The van der Waals surface area contributed by atoms with Crippen molar-refractivity contribution in [2.24, 2.45) is 0 Å². The van der Waals surface area contributed by atoms with Crippen LogP contribution in [0.25, 0.3) is 11.1 Å². The van der Waals surface area contributed by atoms with Crippen LogP contribution >= 0.6 is 11.8 Å². The van der Waals surface area contributed by atoms with Gasteiger partial charge in [0.2, 0.25) is 0 Å². The first-order chi connectivity index (χ1) is 13.2. The van der Waals surface area contributed by atoms with Crippen molar-refractivity contribution in [1.82, 2.24) is 4.98 Å². The second kappa shape index (κ2) is 8.27. The Morgan fingerprint density at radius 3 is 2.26 bits per heavy atom. The first kappa shape index (κ1) is 18.3. The first-order valence-corrected chi connectivity index (χ1v) is 9.11.